The van der Waals surface area contributed by atoms with Crippen molar-refractivity contribution in [3.63, 3.8) is 0 Å². The molecule has 0 saturated carbocycles. The molecule has 0 aromatic heterocycles. The van der Waals surface area contributed by atoms with Gasteiger partial charge in [0.05, 0.1) is 21.7 Å². The van der Waals surface area contributed by atoms with Crippen LogP contribution >= 0.6 is 24.4 Å². The van der Waals surface area contributed by atoms with Crippen LogP contribution in [0.25, 0.3) is 0 Å². The van der Waals surface area contributed by atoms with E-state index in [1.165, 1.54) is 0 Å². The van der Waals surface area contributed by atoms with Gasteiger partial charge in [0.25, 0.3) is 0 Å². The van der Waals surface area contributed by atoms with Crippen LogP contribution < -0.4 is 0 Å². The highest BCUT2D eigenvalue weighted by Crippen LogP contribution is 2.18. The van der Waals surface area contributed by atoms with Crippen LogP contribution in [0.1, 0.15) is 12.8 Å². The van der Waals surface area contributed by atoms with E-state index in [9.17, 15) is 0 Å². The van der Waals surface area contributed by atoms with Crippen molar-refractivity contribution in [3.8, 4) is 0 Å². The Morgan fingerprint density at radius 2 is 1.42 bits per heavy atom. The number of isothiocyanates is 2. The van der Waals surface area contributed by atoms with Gasteiger partial charge >= 0.3 is 0 Å². The highest BCUT2D eigenvalue weighted by Gasteiger charge is 2.03. The molecule has 0 aromatic rings. The lowest BCUT2D eigenvalue weighted by Crippen LogP contribution is -1.88. The first-order chi connectivity index (χ1) is 5.86. The SMILES string of the molecule is S=C=NC1=CC=C(N=C=S)CC1. The Labute approximate surface area is 81.4 Å². The summed E-state index contributed by atoms with van der Waals surface area (Å²) in [6, 6.07) is 0. The average molecular weight is 194 g/mol. The first-order valence-corrected chi connectivity index (χ1v) is 4.24. The fourth-order valence-corrected chi connectivity index (χ4v) is 1.15. The fourth-order valence-electron chi connectivity index (χ4n) is 0.919. The van der Waals surface area contributed by atoms with Gasteiger partial charge in [-0.3, -0.25) is 0 Å². The van der Waals surface area contributed by atoms with Crippen LogP contribution in [0.5, 0.6) is 0 Å². The maximum Gasteiger partial charge on any atom is 0.0637 e. The maximum absolute atomic E-state index is 4.48. The Kier molecular flexibility index (Phi) is 3.71. The first kappa shape index (κ1) is 9.17. The Bertz CT molecular complexity index is 295. The van der Waals surface area contributed by atoms with Gasteiger partial charge in [-0.15, -0.1) is 0 Å². The molecule has 0 radical (unpaired) electrons. The minimum Gasteiger partial charge on any atom is -0.199 e. The topological polar surface area (TPSA) is 24.7 Å². The van der Waals surface area contributed by atoms with Crippen molar-refractivity contribution in [1.29, 1.82) is 0 Å². The third-order valence-corrected chi connectivity index (χ3v) is 1.67. The molecule has 0 atom stereocenters. The van der Waals surface area contributed by atoms with Gasteiger partial charge in [-0.05, 0) is 49.4 Å². The summed E-state index contributed by atoms with van der Waals surface area (Å²) < 4.78 is 0. The van der Waals surface area contributed by atoms with Crippen LogP contribution in [-0.4, -0.2) is 10.3 Å². The van der Waals surface area contributed by atoms with Gasteiger partial charge in [0, 0.05) is 0 Å². The fraction of sp³-hybridized carbons (Fsp3) is 0.250. The third-order valence-electron chi connectivity index (χ3n) is 1.48. The van der Waals surface area contributed by atoms with Crippen molar-refractivity contribution in [2.75, 3.05) is 0 Å². The van der Waals surface area contributed by atoms with Gasteiger partial charge in [-0.2, -0.15) is 9.98 Å². The number of allylic oxidation sites excluding steroid dienone is 4. The Hall–Kier alpha value is -0.920. The summed E-state index contributed by atoms with van der Waals surface area (Å²) in [7, 11) is 0. The highest BCUT2D eigenvalue weighted by atomic mass is 32.1. The molecule has 0 heterocycles. The average Bonchev–Trinajstić information content (AvgIpc) is 2.09. The Morgan fingerprint density at radius 3 is 1.67 bits per heavy atom. The Balaban J connectivity index is 2.78. The van der Waals surface area contributed by atoms with E-state index < -0.39 is 0 Å². The second-order valence-corrected chi connectivity index (χ2v) is 2.59. The normalized spacial score (nSPS) is 15.0. The van der Waals surface area contributed by atoms with E-state index in [4.69, 9.17) is 0 Å². The van der Waals surface area contributed by atoms with E-state index in [-0.39, 0.29) is 0 Å². The summed E-state index contributed by atoms with van der Waals surface area (Å²) in [5.74, 6) is 0. The molecule has 12 heavy (non-hydrogen) atoms. The molecule has 0 N–H and O–H groups in total. The summed E-state index contributed by atoms with van der Waals surface area (Å²) in [5.41, 5.74) is 1.88. The Morgan fingerprint density at radius 1 is 1.00 bits per heavy atom. The summed E-state index contributed by atoms with van der Waals surface area (Å²) in [4.78, 5) is 7.74. The predicted octanol–water partition coefficient (Wildman–Crippen LogP) is 2.75. The minimum absolute atomic E-state index is 0.843. The quantitative estimate of drug-likeness (QED) is 0.498. The van der Waals surface area contributed by atoms with Gasteiger partial charge in [0.2, 0.25) is 0 Å². The zero-order valence-electron chi connectivity index (χ0n) is 6.28. The van der Waals surface area contributed by atoms with E-state index in [0.29, 0.717) is 0 Å². The van der Waals surface area contributed by atoms with Gasteiger partial charge < -0.3 is 0 Å². The molecular weight excluding hydrogens is 188 g/mol. The van der Waals surface area contributed by atoms with Crippen molar-refractivity contribution in [3.05, 3.63) is 23.5 Å². The van der Waals surface area contributed by atoms with E-state index in [1.807, 2.05) is 12.2 Å². The van der Waals surface area contributed by atoms with Crippen molar-refractivity contribution < 1.29 is 0 Å². The zero-order chi connectivity index (χ0) is 8.81. The van der Waals surface area contributed by atoms with Crippen LogP contribution in [0.15, 0.2) is 33.5 Å². The number of hydrogen-bond donors (Lipinski definition) is 0. The van der Waals surface area contributed by atoms with Gasteiger partial charge in [0.15, 0.2) is 0 Å². The van der Waals surface area contributed by atoms with Crippen LogP contribution in [-0.2, 0) is 0 Å². The molecule has 1 aliphatic rings. The molecule has 0 unspecified atom stereocenters. The molecule has 0 aromatic carbocycles. The van der Waals surface area contributed by atoms with E-state index in [0.717, 1.165) is 24.2 Å². The van der Waals surface area contributed by atoms with Gasteiger partial charge in [-0.1, -0.05) is 0 Å². The van der Waals surface area contributed by atoms with Crippen LogP contribution in [0, 0.1) is 0 Å². The molecule has 2 nitrogen and oxygen atoms in total. The molecule has 1 aliphatic carbocycles. The molecule has 4 heteroatoms. The number of hydrogen-bond acceptors (Lipinski definition) is 4. The molecule has 0 spiro atoms. The lowest BCUT2D eigenvalue weighted by Gasteiger charge is -2.04. The van der Waals surface area contributed by atoms with Crippen molar-refractivity contribution >= 4 is 34.8 Å². The second-order valence-electron chi connectivity index (χ2n) is 2.22. The first-order valence-electron chi connectivity index (χ1n) is 3.42. The van der Waals surface area contributed by atoms with Crippen molar-refractivity contribution in [2.24, 2.45) is 9.98 Å². The maximum atomic E-state index is 4.48. The summed E-state index contributed by atoms with van der Waals surface area (Å²) >= 11 is 8.97. The molecule has 0 bridgehead atoms. The molecule has 0 fully saturated rings. The standard InChI is InChI=1S/C8H6N2S2/c11-5-9-7-1-2-8(4-3-7)10-6-12/h1-2H,3-4H2. The highest BCUT2D eigenvalue weighted by molar-refractivity contribution is 7.78. The van der Waals surface area contributed by atoms with Crippen LogP contribution in [0.4, 0.5) is 0 Å². The number of rotatable bonds is 2. The van der Waals surface area contributed by atoms with E-state index in [2.05, 4.69) is 44.7 Å². The number of thiocarbonyl (C=S) groups is 2. The third kappa shape index (κ3) is 2.61. The largest absolute Gasteiger partial charge is 0.199 e. The molecule has 0 aliphatic heterocycles. The van der Waals surface area contributed by atoms with Crippen LogP contribution in [0.2, 0.25) is 0 Å². The monoisotopic (exact) mass is 194 g/mol. The minimum atomic E-state index is 0.843. The van der Waals surface area contributed by atoms with Crippen molar-refractivity contribution in [1.82, 2.24) is 0 Å². The summed E-state index contributed by atoms with van der Waals surface area (Å²) in [6.07, 6.45) is 5.43. The molecule has 60 valence electrons. The van der Waals surface area contributed by atoms with E-state index >= 15 is 0 Å². The van der Waals surface area contributed by atoms with E-state index in [1.54, 1.807) is 0 Å². The predicted molar refractivity (Wildman–Crippen MR) is 55.5 cm³/mol. The summed E-state index contributed by atoms with van der Waals surface area (Å²) in [5, 5.41) is 4.66. The second kappa shape index (κ2) is 4.86. The molecule has 0 amide bonds. The number of nitrogens with zero attached hydrogens (tertiary/aromatic N) is 2. The smallest absolute Gasteiger partial charge is 0.0637 e. The van der Waals surface area contributed by atoms with Crippen LogP contribution in [0.3, 0.4) is 0 Å². The molecule has 0 saturated heterocycles. The number of aliphatic imine (C=N–C) groups is 2. The van der Waals surface area contributed by atoms with Gasteiger partial charge in [-0.25, -0.2) is 0 Å². The zero-order valence-corrected chi connectivity index (χ0v) is 7.91. The van der Waals surface area contributed by atoms with Gasteiger partial charge in [0.1, 0.15) is 0 Å². The van der Waals surface area contributed by atoms with Crippen molar-refractivity contribution in [2.45, 2.75) is 12.8 Å². The summed E-state index contributed by atoms with van der Waals surface area (Å²) in [6.45, 7) is 0. The lowest BCUT2D eigenvalue weighted by molar-refractivity contribution is 0.886. The molecular formula is C8H6N2S2. The lowest BCUT2D eigenvalue weighted by atomic mass is 10.1. The molecule has 1 rings (SSSR count).